The molecule has 2 unspecified atom stereocenters. The third kappa shape index (κ3) is 65.9. The average Bonchev–Trinajstić information content (AvgIpc) is 1.90. The fourth-order valence-corrected chi connectivity index (χ4v) is 1.59. The zero-order chi connectivity index (χ0) is 17.1. The maximum absolute atomic E-state index is 8.89. The van der Waals surface area contributed by atoms with E-state index in [0.717, 1.165) is 29.0 Å². The van der Waals surface area contributed by atoms with Crippen LogP contribution >= 0.6 is 0 Å². The van der Waals surface area contributed by atoms with Gasteiger partial charge in [-0.3, -0.25) is 0 Å². The van der Waals surface area contributed by atoms with Crippen LogP contribution in [0.4, 0.5) is 0 Å². The predicted octanol–water partition coefficient (Wildman–Crippen LogP) is -4.09. The maximum atomic E-state index is 8.89. The molecule has 0 aliphatic heterocycles. The van der Waals surface area contributed by atoms with Crippen molar-refractivity contribution in [1.82, 2.24) is 0 Å². The minimum atomic E-state index is -1.08. The number of aliphatic hydroxyl groups excluding tert-OH is 2. The van der Waals surface area contributed by atoms with E-state index >= 15 is 0 Å². The third-order valence-electron chi connectivity index (χ3n) is 1.62. The molecule has 2 atom stereocenters. The van der Waals surface area contributed by atoms with Crippen molar-refractivity contribution in [2.24, 2.45) is 0 Å². The molecule has 0 saturated carbocycles. The van der Waals surface area contributed by atoms with E-state index in [0.29, 0.717) is 0 Å². The van der Waals surface area contributed by atoms with E-state index in [-0.39, 0.29) is 24.6 Å². The summed E-state index contributed by atoms with van der Waals surface area (Å²) in [6, 6.07) is 0. The standard InChI is InChI=1S/2C6H16NO.C2H4O2.ClH/c2*1-6(8)5-7(2,3)4;1-2(3)4;/h2*6,8H,5H2,1-4H3;1H3,(H,3,4);1H/q2*+1;;/p-2. The molecule has 0 aliphatic carbocycles. The van der Waals surface area contributed by atoms with Crippen molar-refractivity contribution < 1.29 is 41.5 Å². The van der Waals surface area contributed by atoms with Gasteiger partial charge in [0.25, 0.3) is 0 Å². The normalized spacial score (nSPS) is 13.5. The summed E-state index contributed by atoms with van der Waals surface area (Å²) >= 11 is 0. The first-order valence-corrected chi connectivity index (χ1v) is 6.71. The lowest BCUT2D eigenvalue weighted by molar-refractivity contribution is -0.873. The Kier molecular flexibility index (Phi) is 18.2. The molecule has 0 bridgehead atoms. The molecule has 6 nitrogen and oxygen atoms in total. The van der Waals surface area contributed by atoms with E-state index in [4.69, 9.17) is 20.1 Å². The summed E-state index contributed by atoms with van der Waals surface area (Å²) in [5.74, 6) is -1.08. The lowest BCUT2D eigenvalue weighted by Gasteiger charge is -2.24. The summed E-state index contributed by atoms with van der Waals surface area (Å²) in [5, 5.41) is 26.6. The van der Waals surface area contributed by atoms with Crippen LogP contribution in [-0.4, -0.2) is 92.7 Å². The minimum absolute atomic E-state index is 0. The topological polar surface area (TPSA) is 80.6 Å². The molecule has 0 spiro atoms. The highest BCUT2D eigenvalue weighted by Crippen LogP contribution is 1.92. The van der Waals surface area contributed by atoms with Crippen molar-refractivity contribution in [3.63, 3.8) is 0 Å². The van der Waals surface area contributed by atoms with Crippen LogP contribution in [0.5, 0.6) is 0 Å². The van der Waals surface area contributed by atoms with E-state index in [1.807, 2.05) is 13.8 Å². The number of halogens is 1. The quantitative estimate of drug-likeness (QED) is 0.514. The number of aliphatic carboxylic acids is 1. The van der Waals surface area contributed by atoms with Crippen LogP contribution in [-0.2, 0) is 4.79 Å². The van der Waals surface area contributed by atoms with Gasteiger partial charge in [-0.1, -0.05) is 0 Å². The summed E-state index contributed by atoms with van der Waals surface area (Å²) in [6.07, 6.45) is -0.370. The monoisotopic (exact) mass is 330 g/mol. The van der Waals surface area contributed by atoms with Gasteiger partial charge >= 0.3 is 0 Å². The van der Waals surface area contributed by atoms with Crippen molar-refractivity contribution in [3.05, 3.63) is 0 Å². The van der Waals surface area contributed by atoms with Crippen molar-refractivity contribution in [2.75, 3.05) is 55.4 Å². The Morgan fingerprint density at radius 2 is 1.05 bits per heavy atom. The molecule has 0 amide bonds. The number of carboxylic acid groups (broad SMARTS) is 1. The van der Waals surface area contributed by atoms with Gasteiger partial charge in [-0.25, -0.2) is 0 Å². The van der Waals surface area contributed by atoms with Crippen molar-refractivity contribution in [2.45, 2.75) is 33.0 Å². The van der Waals surface area contributed by atoms with Gasteiger partial charge in [-0.05, 0) is 20.8 Å². The van der Waals surface area contributed by atoms with Crippen LogP contribution in [0.25, 0.3) is 0 Å². The molecule has 21 heavy (non-hydrogen) atoms. The summed E-state index contributed by atoms with van der Waals surface area (Å²) < 4.78 is 1.66. The number of quaternary nitrogens is 2. The van der Waals surface area contributed by atoms with E-state index < -0.39 is 5.97 Å². The fraction of sp³-hybridized carbons (Fsp3) is 0.929. The Labute approximate surface area is 136 Å². The Morgan fingerprint density at radius 3 is 1.05 bits per heavy atom. The molecule has 0 aromatic carbocycles. The zero-order valence-corrected chi connectivity index (χ0v) is 15.8. The Bertz CT molecular complexity index is 222. The maximum Gasteiger partial charge on any atom is 0.104 e. The Balaban J connectivity index is -0.000000107. The van der Waals surface area contributed by atoms with Crippen LogP contribution in [0.3, 0.4) is 0 Å². The first kappa shape index (κ1) is 28.7. The number of carboxylic acids is 1. The number of rotatable bonds is 4. The molecular weight excluding hydrogens is 296 g/mol. The van der Waals surface area contributed by atoms with Crippen molar-refractivity contribution >= 4 is 5.97 Å². The molecular formula is C14H35ClN2O4. The number of nitrogens with zero attached hydrogens (tertiary/aromatic N) is 2. The molecule has 0 fully saturated rings. The van der Waals surface area contributed by atoms with Crippen LogP contribution in [0.1, 0.15) is 20.8 Å². The summed E-state index contributed by atoms with van der Waals surface area (Å²) in [5.41, 5.74) is 0. The smallest absolute Gasteiger partial charge is 0.104 e. The molecule has 0 aromatic rings. The number of hydrogen-bond donors (Lipinski definition) is 2. The predicted molar refractivity (Wildman–Crippen MR) is 79.8 cm³/mol. The largest absolute Gasteiger partial charge is 1.00 e. The molecule has 132 valence electrons. The van der Waals surface area contributed by atoms with Gasteiger partial charge in [-0.15, -0.1) is 0 Å². The van der Waals surface area contributed by atoms with Crippen LogP contribution in [0.15, 0.2) is 0 Å². The van der Waals surface area contributed by atoms with Gasteiger partial charge in [0.15, 0.2) is 0 Å². The SMILES string of the molecule is CC(=O)[O-].CC(O)C[N+](C)(C)C.CC(O)C[N+](C)(C)C.[Cl-]. The molecule has 0 radical (unpaired) electrons. The summed E-state index contributed by atoms with van der Waals surface area (Å²) in [7, 11) is 12.4. The van der Waals surface area contributed by atoms with Gasteiger partial charge in [0, 0.05) is 5.97 Å². The van der Waals surface area contributed by atoms with Crippen molar-refractivity contribution in [3.8, 4) is 0 Å². The lowest BCUT2D eigenvalue weighted by Crippen LogP contribution is -3.00. The first-order valence-electron chi connectivity index (χ1n) is 6.71. The van der Waals surface area contributed by atoms with E-state index in [1.54, 1.807) is 0 Å². The average molecular weight is 331 g/mol. The summed E-state index contributed by atoms with van der Waals surface area (Å²) in [4.78, 5) is 8.89. The molecule has 0 aromatic heterocycles. The number of carbonyl (C=O) groups excluding carboxylic acids is 1. The van der Waals surface area contributed by atoms with Gasteiger partial charge in [0.05, 0.1) is 42.3 Å². The second kappa shape index (κ2) is 13.3. The number of aliphatic hydroxyl groups is 2. The number of likely N-dealkylation sites (N-methyl/N-ethyl adjacent to an activating group) is 2. The number of hydrogen-bond acceptors (Lipinski definition) is 4. The highest BCUT2D eigenvalue weighted by molar-refractivity contribution is 5.60. The highest BCUT2D eigenvalue weighted by atomic mass is 35.5. The van der Waals surface area contributed by atoms with Crippen LogP contribution < -0.4 is 17.5 Å². The van der Waals surface area contributed by atoms with Gasteiger partial charge in [0.2, 0.25) is 0 Å². The molecule has 7 heteroatoms. The van der Waals surface area contributed by atoms with Crippen molar-refractivity contribution in [1.29, 1.82) is 0 Å². The second-order valence-electron chi connectivity index (χ2n) is 7.14. The Hall–Kier alpha value is -0.400. The minimum Gasteiger partial charge on any atom is -1.00 e. The van der Waals surface area contributed by atoms with Gasteiger partial charge in [-0.2, -0.15) is 0 Å². The zero-order valence-electron chi connectivity index (χ0n) is 15.1. The van der Waals surface area contributed by atoms with Gasteiger partial charge < -0.3 is 41.5 Å². The second-order valence-corrected chi connectivity index (χ2v) is 7.14. The Morgan fingerprint density at radius 1 is 0.905 bits per heavy atom. The van der Waals surface area contributed by atoms with E-state index in [9.17, 15) is 0 Å². The summed E-state index contributed by atoms with van der Waals surface area (Å²) in [6.45, 7) is 6.23. The van der Waals surface area contributed by atoms with Gasteiger partial charge in [0.1, 0.15) is 25.3 Å². The lowest BCUT2D eigenvalue weighted by atomic mass is 10.3. The van der Waals surface area contributed by atoms with E-state index in [1.165, 1.54) is 0 Å². The first-order chi connectivity index (χ1) is 8.57. The molecule has 0 saturated heterocycles. The molecule has 2 N–H and O–H groups in total. The molecule has 0 aliphatic rings. The number of carbonyl (C=O) groups is 1. The van der Waals surface area contributed by atoms with Crippen LogP contribution in [0.2, 0.25) is 0 Å². The third-order valence-corrected chi connectivity index (χ3v) is 1.62. The molecule has 0 heterocycles. The van der Waals surface area contributed by atoms with Crippen LogP contribution in [0, 0.1) is 0 Å². The molecule has 0 rings (SSSR count). The fourth-order valence-electron chi connectivity index (χ4n) is 1.59. The highest BCUT2D eigenvalue weighted by Gasteiger charge is 2.10. The van der Waals surface area contributed by atoms with E-state index in [2.05, 4.69) is 42.3 Å².